The Morgan fingerprint density at radius 3 is 2.41 bits per heavy atom. The molecule has 6 nitrogen and oxygen atoms in total. The number of carbonyl (C=O) groups excluding carboxylic acids is 1. The number of hydrogen-bond donors (Lipinski definition) is 2. The van der Waals surface area contributed by atoms with E-state index in [-0.39, 0.29) is 5.91 Å². The number of piperidine rings is 1. The zero-order valence-corrected chi connectivity index (χ0v) is 16.6. The molecule has 29 heavy (non-hydrogen) atoms. The highest BCUT2D eigenvalue weighted by atomic mass is 16.1. The number of nitrogens with zero attached hydrogens (tertiary/aromatic N) is 3. The fourth-order valence-corrected chi connectivity index (χ4v) is 3.52. The van der Waals surface area contributed by atoms with Crippen LogP contribution in [-0.2, 0) is 4.79 Å². The van der Waals surface area contributed by atoms with Gasteiger partial charge in [0.15, 0.2) is 0 Å². The lowest BCUT2D eigenvalue weighted by Crippen LogP contribution is -2.31. The summed E-state index contributed by atoms with van der Waals surface area (Å²) in [6.07, 6.45) is 3.59. The number of anilines is 4. The summed E-state index contributed by atoms with van der Waals surface area (Å²) in [6, 6.07) is 19.7. The lowest BCUT2D eigenvalue weighted by molar-refractivity contribution is -0.114. The second kappa shape index (κ2) is 8.73. The van der Waals surface area contributed by atoms with Crippen LogP contribution in [-0.4, -0.2) is 29.0 Å². The van der Waals surface area contributed by atoms with Crippen LogP contribution < -0.4 is 15.5 Å². The van der Waals surface area contributed by atoms with Gasteiger partial charge in [0.25, 0.3) is 0 Å². The molecule has 1 aromatic heterocycles. The number of nitrogens with one attached hydrogen (secondary N) is 2. The largest absolute Gasteiger partial charge is 0.341 e. The van der Waals surface area contributed by atoms with Crippen molar-refractivity contribution in [1.29, 1.82) is 0 Å². The van der Waals surface area contributed by atoms with Crippen LogP contribution >= 0.6 is 0 Å². The molecule has 2 N–H and O–H groups in total. The van der Waals surface area contributed by atoms with Gasteiger partial charge in [-0.3, -0.25) is 4.79 Å². The van der Waals surface area contributed by atoms with Gasteiger partial charge < -0.3 is 15.5 Å². The average molecular weight is 387 g/mol. The molecule has 0 unspecified atom stereocenters. The van der Waals surface area contributed by atoms with E-state index in [1.165, 1.54) is 26.2 Å². The van der Waals surface area contributed by atoms with Crippen LogP contribution in [0.4, 0.5) is 23.1 Å². The monoisotopic (exact) mass is 387 g/mol. The number of carbonyl (C=O) groups is 1. The Balaban J connectivity index is 1.67. The SMILES string of the molecule is CC(=O)Nc1cccc(Nc2cc(-c3ccccc3)nc(N3CCCCC3)n2)c1. The van der Waals surface area contributed by atoms with Gasteiger partial charge in [0.2, 0.25) is 11.9 Å². The highest BCUT2D eigenvalue weighted by Crippen LogP contribution is 2.27. The van der Waals surface area contributed by atoms with Crippen LogP contribution in [0.15, 0.2) is 60.7 Å². The molecule has 1 aliphatic heterocycles. The molecule has 0 saturated carbocycles. The van der Waals surface area contributed by atoms with Gasteiger partial charge in [-0.1, -0.05) is 36.4 Å². The normalized spacial score (nSPS) is 13.8. The van der Waals surface area contributed by atoms with Gasteiger partial charge in [-0.05, 0) is 37.5 Å². The predicted molar refractivity (Wildman–Crippen MR) is 118 cm³/mol. The summed E-state index contributed by atoms with van der Waals surface area (Å²) in [7, 11) is 0. The Hall–Kier alpha value is -3.41. The van der Waals surface area contributed by atoms with Gasteiger partial charge >= 0.3 is 0 Å². The van der Waals surface area contributed by atoms with Gasteiger partial charge in [-0.25, -0.2) is 4.98 Å². The molecule has 2 heterocycles. The summed E-state index contributed by atoms with van der Waals surface area (Å²) in [5.74, 6) is 1.40. The lowest BCUT2D eigenvalue weighted by Gasteiger charge is -2.27. The Labute approximate surface area is 171 Å². The van der Waals surface area contributed by atoms with Gasteiger partial charge in [0, 0.05) is 43.0 Å². The van der Waals surface area contributed by atoms with E-state index in [0.29, 0.717) is 0 Å². The molecule has 0 radical (unpaired) electrons. The third-order valence-corrected chi connectivity index (χ3v) is 4.88. The van der Waals surface area contributed by atoms with Crippen molar-refractivity contribution in [3.05, 3.63) is 60.7 Å². The molecule has 1 fully saturated rings. The molecule has 1 saturated heterocycles. The molecule has 148 valence electrons. The van der Waals surface area contributed by atoms with Crippen molar-refractivity contribution in [1.82, 2.24) is 9.97 Å². The van der Waals surface area contributed by atoms with Crippen LogP contribution in [0.25, 0.3) is 11.3 Å². The maximum absolute atomic E-state index is 11.3. The molecule has 2 aromatic carbocycles. The molecule has 0 atom stereocenters. The first-order valence-electron chi connectivity index (χ1n) is 10.0. The zero-order chi connectivity index (χ0) is 20.1. The highest BCUT2D eigenvalue weighted by Gasteiger charge is 2.16. The minimum absolute atomic E-state index is 0.0945. The van der Waals surface area contributed by atoms with E-state index in [9.17, 15) is 4.79 Å². The van der Waals surface area contributed by atoms with Crippen LogP contribution in [0.1, 0.15) is 26.2 Å². The fraction of sp³-hybridized carbons (Fsp3) is 0.261. The Kier molecular flexibility index (Phi) is 5.70. The van der Waals surface area contributed by atoms with Gasteiger partial charge in [0.1, 0.15) is 5.82 Å². The van der Waals surface area contributed by atoms with E-state index < -0.39 is 0 Å². The first-order valence-corrected chi connectivity index (χ1v) is 10.0. The molecular formula is C23H25N5O. The molecule has 4 rings (SSSR count). The van der Waals surface area contributed by atoms with Crippen LogP contribution in [0.5, 0.6) is 0 Å². The quantitative estimate of drug-likeness (QED) is 0.656. The lowest BCUT2D eigenvalue weighted by atomic mass is 10.1. The van der Waals surface area contributed by atoms with Crippen molar-refractivity contribution < 1.29 is 4.79 Å². The van der Waals surface area contributed by atoms with Gasteiger partial charge in [-0.15, -0.1) is 0 Å². The van der Waals surface area contributed by atoms with E-state index in [1.54, 1.807) is 0 Å². The fourth-order valence-electron chi connectivity index (χ4n) is 3.52. The summed E-state index contributed by atoms with van der Waals surface area (Å²) in [4.78, 5) is 23.2. The van der Waals surface area contributed by atoms with E-state index in [2.05, 4.69) is 27.7 Å². The molecule has 3 aromatic rings. The average Bonchev–Trinajstić information content (AvgIpc) is 2.74. The summed E-state index contributed by atoms with van der Waals surface area (Å²) in [5, 5.41) is 6.19. The summed E-state index contributed by atoms with van der Waals surface area (Å²) in [6.45, 7) is 3.47. The highest BCUT2D eigenvalue weighted by molar-refractivity contribution is 5.89. The second-order valence-corrected chi connectivity index (χ2v) is 7.24. The van der Waals surface area contributed by atoms with Crippen molar-refractivity contribution >= 4 is 29.0 Å². The summed E-state index contributed by atoms with van der Waals surface area (Å²) >= 11 is 0. The van der Waals surface area contributed by atoms with Crippen molar-refractivity contribution in [3.63, 3.8) is 0 Å². The third kappa shape index (κ3) is 4.90. The van der Waals surface area contributed by atoms with Crippen LogP contribution in [0.3, 0.4) is 0 Å². The number of benzene rings is 2. The first-order chi connectivity index (χ1) is 14.2. The number of rotatable bonds is 5. The number of hydrogen-bond acceptors (Lipinski definition) is 5. The number of amides is 1. The minimum atomic E-state index is -0.0945. The van der Waals surface area contributed by atoms with Crippen LogP contribution in [0, 0.1) is 0 Å². The van der Waals surface area contributed by atoms with Gasteiger partial charge in [-0.2, -0.15) is 4.98 Å². The minimum Gasteiger partial charge on any atom is -0.341 e. The molecule has 1 amide bonds. The Bertz CT molecular complexity index is 984. The summed E-state index contributed by atoms with van der Waals surface area (Å²) in [5.41, 5.74) is 3.56. The van der Waals surface area contributed by atoms with Crippen LogP contribution in [0.2, 0.25) is 0 Å². The van der Waals surface area contributed by atoms with Crippen molar-refractivity contribution in [3.8, 4) is 11.3 Å². The molecule has 0 bridgehead atoms. The Morgan fingerprint density at radius 1 is 0.897 bits per heavy atom. The van der Waals surface area contributed by atoms with E-state index >= 15 is 0 Å². The topological polar surface area (TPSA) is 70.2 Å². The maximum atomic E-state index is 11.3. The van der Waals surface area contributed by atoms with E-state index in [0.717, 1.165) is 47.5 Å². The third-order valence-electron chi connectivity index (χ3n) is 4.88. The standard InChI is InChI=1S/C23H25N5O/c1-17(29)24-19-11-8-12-20(15-19)25-22-16-21(18-9-4-2-5-10-18)26-23(27-22)28-13-6-3-7-14-28/h2,4-5,8-12,15-16H,3,6-7,13-14H2,1H3,(H,24,29)(H,25,26,27). The Morgan fingerprint density at radius 2 is 1.66 bits per heavy atom. The second-order valence-electron chi connectivity index (χ2n) is 7.24. The predicted octanol–water partition coefficient (Wildman–Crippen LogP) is 4.84. The molecule has 0 aliphatic carbocycles. The molecule has 1 aliphatic rings. The molecule has 6 heteroatoms. The van der Waals surface area contributed by atoms with E-state index in [1.807, 2.05) is 48.5 Å². The summed E-state index contributed by atoms with van der Waals surface area (Å²) < 4.78 is 0. The first kappa shape index (κ1) is 18.9. The van der Waals surface area contributed by atoms with Crippen molar-refractivity contribution in [2.24, 2.45) is 0 Å². The van der Waals surface area contributed by atoms with Gasteiger partial charge in [0.05, 0.1) is 5.69 Å². The smallest absolute Gasteiger partial charge is 0.227 e. The molecular weight excluding hydrogens is 362 g/mol. The maximum Gasteiger partial charge on any atom is 0.227 e. The number of aromatic nitrogens is 2. The zero-order valence-electron chi connectivity index (χ0n) is 16.6. The van der Waals surface area contributed by atoms with E-state index in [4.69, 9.17) is 9.97 Å². The van der Waals surface area contributed by atoms with Crippen molar-refractivity contribution in [2.75, 3.05) is 28.6 Å². The molecule has 0 spiro atoms. The van der Waals surface area contributed by atoms with Crippen molar-refractivity contribution in [2.45, 2.75) is 26.2 Å².